The first-order valence-corrected chi connectivity index (χ1v) is 11.6. The minimum absolute atomic E-state index is 0.0215. The summed E-state index contributed by atoms with van der Waals surface area (Å²) in [4.78, 5) is 14.9. The zero-order chi connectivity index (χ0) is 24.7. The molecular formula is C25H27BrF2N2O4. The standard InChI is InChI=1S/C25H27BrF2N2O4/c1-17-12-23(34-16-20-6-7-21(27)13-22(20)28)24(26)25(33)30(17)15-19-4-2-18(3-5-19)14-29(8-10-31)9-11-32/h2-7,12-13,31-32H,8-11,14-16H2,1H3. The van der Waals surface area contributed by atoms with Crippen molar-refractivity contribution in [2.24, 2.45) is 0 Å². The summed E-state index contributed by atoms with van der Waals surface area (Å²) < 4.78 is 34.4. The third-order valence-corrected chi connectivity index (χ3v) is 6.15. The summed E-state index contributed by atoms with van der Waals surface area (Å²) in [5.41, 5.74) is 2.54. The Bertz CT molecular complexity index is 1160. The highest BCUT2D eigenvalue weighted by atomic mass is 79.9. The Labute approximate surface area is 205 Å². The van der Waals surface area contributed by atoms with Gasteiger partial charge in [-0.1, -0.05) is 24.3 Å². The van der Waals surface area contributed by atoms with Crippen molar-refractivity contribution in [3.8, 4) is 5.75 Å². The van der Waals surface area contributed by atoms with Gasteiger partial charge in [0.15, 0.2) is 0 Å². The number of hydrogen-bond donors (Lipinski definition) is 2. The van der Waals surface area contributed by atoms with Gasteiger partial charge in [0.05, 0.1) is 19.8 Å². The van der Waals surface area contributed by atoms with Gasteiger partial charge in [0.1, 0.15) is 28.5 Å². The van der Waals surface area contributed by atoms with Gasteiger partial charge in [0.2, 0.25) is 0 Å². The quantitative estimate of drug-likeness (QED) is 0.391. The van der Waals surface area contributed by atoms with Crippen LogP contribution < -0.4 is 10.3 Å². The van der Waals surface area contributed by atoms with Crippen LogP contribution in [0, 0.1) is 18.6 Å². The second-order valence-corrected chi connectivity index (χ2v) is 8.71. The molecule has 34 heavy (non-hydrogen) atoms. The minimum Gasteiger partial charge on any atom is -0.487 e. The molecule has 0 unspecified atom stereocenters. The second kappa shape index (κ2) is 12.2. The van der Waals surface area contributed by atoms with Crippen LogP contribution in [0.1, 0.15) is 22.4 Å². The number of aromatic nitrogens is 1. The first-order chi connectivity index (χ1) is 16.3. The van der Waals surface area contributed by atoms with E-state index < -0.39 is 11.6 Å². The van der Waals surface area contributed by atoms with Gasteiger partial charge in [-0.2, -0.15) is 0 Å². The van der Waals surface area contributed by atoms with Gasteiger partial charge in [0.25, 0.3) is 5.56 Å². The van der Waals surface area contributed by atoms with E-state index in [0.717, 1.165) is 23.3 Å². The van der Waals surface area contributed by atoms with E-state index in [2.05, 4.69) is 15.9 Å². The SMILES string of the molecule is Cc1cc(OCc2ccc(F)cc2F)c(Br)c(=O)n1Cc1ccc(CN(CCO)CCO)cc1. The maximum absolute atomic E-state index is 13.9. The first kappa shape index (κ1) is 26.0. The molecule has 0 bridgehead atoms. The Balaban J connectivity index is 1.71. The summed E-state index contributed by atoms with van der Waals surface area (Å²) in [7, 11) is 0. The number of aliphatic hydroxyl groups excluding tert-OH is 2. The lowest BCUT2D eigenvalue weighted by atomic mass is 10.1. The van der Waals surface area contributed by atoms with Gasteiger partial charge in [-0.25, -0.2) is 8.78 Å². The highest BCUT2D eigenvalue weighted by Crippen LogP contribution is 2.24. The molecule has 0 aliphatic carbocycles. The summed E-state index contributed by atoms with van der Waals surface area (Å²) in [6.45, 7) is 3.61. The van der Waals surface area contributed by atoms with Crippen LogP contribution in [-0.2, 0) is 19.7 Å². The fraction of sp³-hybridized carbons (Fsp3) is 0.320. The van der Waals surface area contributed by atoms with Crippen LogP contribution in [0.15, 0.2) is 57.8 Å². The maximum Gasteiger partial charge on any atom is 0.269 e. The van der Waals surface area contributed by atoms with E-state index in [-0.39, 0.29) is 41.2 Å². The average Bonchev–Trinajstić information content (AvgIpc) is 2.80. The smallest absolute Gasteiger partial charge is 0.269 e. The lowest BCUT2D eigenvalue weighted by Gasteiger charge is -2.20. The molecule has 0 saturated heterocycles. The van der Waals surface area contributed by atoms with Gasteiger partial charge >= 0.3 is 0 Å². The Morgan fingerprint density at radius 2 is 1.65 bits per heavy atom. The van der Waals surface area contributed by atoms with Gasteiger partial charge in [-0.05, 0) is 46.1 Å². The number of rotatable bonds is 11. The number of halogens is 3. The first-order valence-electron chi connectivity index (χ1n) is 10.8. The Morgan fingerprint density at radius 1 is 1.00 bits per heavy atom. The van der Waals surface area contributed by atoms with Crippen molar-refractivity contribution in [1.82, 2.24) is 9.47 Å². The molecule has 6 nitrogen and oxygen atoms in total. The van der Waals surface area contributed by atoms with E-state index in [1.807, 2.05) is 29.2 Å². The van der Waals surface area contributed by atoms with Gasteiger partial charge < -0.3 is 19.5 Å². The lowest BCUT2D eigenvalue weighted by molar-refractivity contribution is 0.156. The summed E-state index contributed by atoms with van der Waals surface area (Å²) in [6, 6.07) is 12.7. The van der Waals surface area contributed by atoms with Crippen LogP contribution in [0.5, 0.6) is 5.75 Å². The molecule has 0 amide bonds. The Hall–Kier alpha value is -2.59. The van der Waals surface area contributed by atoms with E-state index >= 15 is 0 Å². The zero-order valence-corrected chi connectivity index (χ0v) is 20.4. The molecule has 2 N–H and O–H groups in total. The van der Waals surface area contributed by atoms with E-state index in [4.69, 9.17) is 14.9 Å². The molecule has 0 aliphatic rings. The molecule has 1 heterocycles. The molecule has 3 rings (SSSR count). The van der Waals surface area contributed by atoms with Crippen molar-refractivity contribution >= 4 is 15.9 Å². The largest absolute Gasteiger partial charge is 0.487 e. The number of benzene rings is 2. The van der Waals surface area contributed by atoms with Crippen LogP contribution in [-0.4, -0.2) is 46.0 Å². The fourth-order valence-electron chi connectivity index (χ4n) is 3.55. The van der Waals surface area contributed by atoms with Crippen LogP contribution in [0.3, 0.4) is 0 Å². The number of aryl methyl sites for hydroxylation is 1. The molecule has 9 heteroatoms. The second-order valence-electron chi connectivity index (χ2n) is 7.92. The number of pyridine rings is 1. The van der Waals surface area contributed by atoms with Crippen molar-refractivity contribution in [3.05, 3.63) is 97.4 Å². The van der Waals surface area contributed by atoms with Crippen molar-refractivity contribution in [2.75, 3.05) is 26.3 Å². The van der Waals surface area contributed by atoms with Crippen LogP contribution in [0.4, 0.5) is 8.78 Å². The molecule has 0 atom stereocenters. The van der Waals surface area contributed by atoms with Crippen molar-refractivity contribution in [1.29, 1.82) is 0 Å². The monoisotopic (exact) mass is 536 g/mol. The number of hydrogen-bond acceptors (Lipinski definition) is 5. The molecular weight excluding hydrogens is 510 g/mol. The van der Waals surface area contributed by atoms with E-state index in [0.29, 0.717) is 31.9 Å². The third-order valence-electron chi connectivity index (χ3n) is 5.42. The van der Waals surface area contributed by atoms with E-state index in [1.54, 1.807) is 17.6 Å². The molecule has 2 aromatic carbocycles. The van der Waals surface area contributed by atoms with Crippen LogP contribution >= 0.6 is 15.9 Å². The van der Waals surface area contributed by atoms with Crippen molar-refractivity contribution in [2.45, 2.75) is 26.6 Å². The molecule has 0 spiro atoms. The van der Waals surface area contributed by atoms with Gasteiger partial charge in [-0.15, -0.1) is 0 Å². The highest BCUT2D eigenvalue weighted by Gasteiger charge is 2.14. The Kier molecular flexibility index (Phi) is 9.35. The zero-order valence-electron chi connectivity index (χ0n) is 18.8. The van der Waals surface area contributed by atoms with E-state index in [9.17, 15) is 13.6 Å². The van der Waals surface area contributed by atoms with Gasteiger partial charge in [-0.3, -0.25) is 9.69 Å². The van der Waals surface area contributed by atoms with E-state index in [1.165, 1.54) is 6.07 Å². The van der Waals surface area contributed by atoms with Crippen LogP contribution in [0.25, 0.3) is 0 Å². The third kappa shape index (κ3) is 6.73. The molecule has 0 saturated carbocycles. The van der Waals surface area contributed by atoms with Gasteiger partial charge in [0, 0.05) is 43.0 Å². The molecule has 1 aromatic heterocycles. The topological polar surface area (TPSA) is 74.9 Å². The molecule has 0 fully saturated rings. The van der Waals surface area contributed by atoms with Crippen molar-refractivity contribution < 1.29 is 23.7 Å². The molecule has 0 aliphatic heterocycles. The highest BCUT2D eigenvalue weighted by molar-refractivity contribution is 9.10. The predicted octanol–water partition coefficient (Wildman–Crippen LogP) is 3.61. The lowest BCUT2D eigenvalue weighted by Crippen LogP contribution is -2.29. The maximum atomic E-state index is 13.9. The Morgan fingerprint density at radius 3 is 2.26 bits per heavy atom. The van der Waals surface area contributed by atoms with Crippen molar-refractivity contribution in [3.63, 3.8) is 0 Å². The minimum atomic E-state index is -0.708. The summed E-state index contributed by atoms with van der Waals surface area (Å²) >= 11 is 3.29. The fourth-order valence-corrected chi connectivity index (χ4v) is 4.00. The normalized spacial score (nSPS) is 11.3. The number of ether oxygens (including phenoxy) is 1. The number of aliphatic hydroxyl groups is 2. The average molecular weight is 537 g/mol. The summed E-state index contributed by atoms with van der Waals surface area (Å²) in [5.74, 6) is -1.09. The van der Waals surface area contributed by atoms with Crippen LogP contribution in [0.2, 0.25) is 0 Å². The summed E-state index contributed by atoms with van der Waals surface area (Å²) in [5, 5.41) is 18.3. The number of nitrogens with zero attached hydrogens (tertiary/aromatic N) is 2. The molecule has 182 valence electrons. The molecule has 0 radical (unpaired) electrons. The summed E-state index contributed by atoms with van der Waals surface area (Å²) in [6.07, 6.45) is 0. The molecule has 3 aromatic rings. The predicted molar refractivity (Wildman–Crippen MR) is 129 cm³/mol.